The summed E-state index contributed by atoms with van der Waals surface area (Å²) >= 11 is 9.54. The Kier molecular flexibility index (Phi) is 23.4. The van der Waals surface area contributed by atoms with Gasteiger partial charge < -0.3 is 17.3 Å². The lowest BCUT2D eigenvalue weighted by Gasteiger charge is -2.03. The van der Waals surface area contributed by atoms with E-state index in [1.54, 1.807) is 29.6 Å². The summed E-state index contributed by atoms with van der Waals surface area (Å²) in [6, 6.07) is 14.8. The van der Waals surface area contributed by atoms with Gasteiger partial charge in [0.1, 0.15) is 6.29 Å². The summed E-state index contributed by atoms with van der Waals surface area (Å²) in [4.78, 5) is 20.2. The molecule has 0 atom stereocenters. The fourth-order valence-electron chi connectivity index (χ4n) is 2.24. The number of guanidine groups is 2. The number of nitrogens with zero attached hydrogens (tertiary/aromatic N) is 3. The number of hydrogen-bond acceptors (Lipinski definition) is 9. The van der Waals surface area contributed by atoms with Crippen molar-refractivity contribution in [3.05, 3.63) is 70.2 Å². The van der Waals surface area contributed by atoms with Crippen LogP contribution in [0.2, 0.25) is 5.02 Å². The van der Waals surface area contributed by atoms with Gasteiger partial charge in [0.15, 0.2) is 0 Å². The minimum Gasteiger partial charge on any atom is -0.367 e. The molecule has 2 rings (SSSR count). The maximum absolute atomic E-state index is 10.2. The van der Waals surface area contributed by atoms with E-state index in [0.29, 0.717) is 18.2 Å². The average Bonchev–Trinajstić information content (AvgIpc) is 2.94. The van der Waals surface area contributed by atoms with Gasteiger partial charge >= 0.3 is 0 Å². The van der Waals surface area contributed by atoms with Crippen LogP contribution in [-0.2, 0) is 9.68 Å². The summed E-state index contributed by atoms with van der Waals surface area (Å²) in [6.45, 7) is 7.26. The van der Waals surface area contributed by atoms with Crippen LogP contribution in [0.1, 0.15) is 35.3 Å². The molecule has 0 aromatic heterocycles. The first kappa shape index (κ1) is 36.0. The van der Waals surface area contributed by atoms with Crippen LogP contribution in [0, 0.1) is 6.92 Å². The molecule has 14 heteroatoms. The van der Waals surface area contributed by atoms with Crippen LogP contribution in [0.5, 0.6) is 0 Å². The van der Waals surface area contributed by atoms with Crippen molar-refractivity contribution >= 4 is 59.5 Å². The molecule has 0 saturated carbocycles. The van der Waals surface area contributed by atoms with Gasteiger partial charge in [0, 0.05) is 27.7 Å². The van der Waals surface area contributed by atoms with Crippen LogP contribution in [0.3, 0.4) is 0 Å². The number of hydrogen-bond donors (Lipinski definition) is 5. The monoisotopic (exact) mass is 598 g/mol. The van der Waals surface area contributed by atoms with Crippen LogP contribution >= 0.6 is 35.1 Å². The first-order chi connectivity index (χ1) is 18.9. The summed E-state index contributed by atoms with van der Waals surface area (Å²) in [5.74, 6) is 9.01. The summed E-state index contributed by atoms with van der Waals surface area (Å²) in [5.41, 5.74) is 18.2. The molecule has 2 aromatic rings. The number of carbonyl (C=O) groups excluding carboxylic acids is 1. The Morgan fingerprint density at radius 1 is 0.923 bits per heavy atom. The normalized spacial score (nSPS) is 11.2. The minimum atomic E-state index is 0.0894. The number of carbonyl (C=O) groups is 1. The molecule has 216 valence electrons. The highest BCUT2D eigenvalue weighted by Crippen LogP contribution is 2.12. The first-order valence-electron chi connectivity index (χ1n) is 12.0. The molecule has 0 unspecified atom stereocenters. The first-order valence-corrected chi connectivity index (χ1v) is 14.6. The summed E-state index contributed by atoms with van der Waals surface area (Å²) < 4.78 is 0. The van der Waals surface area contributed by atoms with Crippen molar-refractivity contribution in [2.24, 2.45) is 32.6 Å². The zero-order valence-corrected chi connectivity index (χ0v) is 24.9. The van der Waals surface area contributed by atoms with Crippen molar-refractivity contribution in [3.63, 3.8) is 0 Å². The van der Waals surface area contributed by atoms with Crippen LogP contribution in [0.15, 0.2) is 63.8 Å². The molecule has 2 aromatic carbocycles. The highest BCUT2D eigenvalue weighted by molar-refractivity contribution is 7.99. The van der Waals surface area contributed by atoms with E-state index in [-0.39, 0.29) is 11.9 Å². The van der Waals surface area contributed by atoms with E-state index in [2.05, 4.69) is 40.1 Å². The van der Waals surface area contributed by atoms with Crippen molar-refractivity contribution in [1.29, 1.82) is 0 Å². The fraction of sp³-hybridized carbons (Fsp3) is 0.360. The summed E-state index contributed by atoms with van der Waals surface area (Å²) in [7, 11) is 0. The van der Waals surface area contributed by atoms with E-state index in [0.717, 1.165) is 46.0 Å². The van der Waals surface area contributed by atoms with Gasteiger partial charge in [-0.15, -0.1) is 10.2 Å². The van der Waals surface area contributed by atoms with Gasteiger partial charge in [-0.2, -0.15) is 28.6 Å². The lowest BCUT2D eigenvalue weighted by Crippen LogP contribution is -2.33. The molecule has 8 N–H and O–H groups in total. The molecule has 0 aliphatic heterocycles. The van der Waals surface area contributed by atoms with Crippen molar-refractivity contribution in [2.45, 2.75) is 20.8 Å². The Morgan fingerprint density at radius 3 is 1.95 bits per heavy atom. The van der Waals surface area contributed by atoms with Gasteiger partial charge in [-0.25, -0.2) is 11.0 Å². The number of aldehydes is 1. The van der Waals surface area contributed by atoms with Gasteiger partial charge in [-0.05, 0) is 30.1 Å². The minimum absolute atomic E-state index is 0.0894. The van der Waals surface area contributed by atoms with E-state index >= 15 is 0 Å². The topological polar surface area (TPSA) is 175 Å². The molecule has 0 spiro atoms. The number of benzene rings is 2. The molecule has 0 fully saturated rings. The van der Waals surface area contributed by atoms with Gasteiger partial charge in [-0.3, -0.25) is 14.5 Å². The van der Waals surface area contributed by atoms with Gasteiger partial charge in [0.2, 0.25) is 11.9 Å². The fourth-order valence-corrected chi connectivity index (χ4v) is 3.40. The second-order valence-electron chi connectivity index (χ2n) is 7.03. The second kappa shape index (κ2) is 25.3. The smallest absolute Gasteiger partial charge is 0.237 e. The molecule has 39 heavy (non-hydrogen) atoms. The molecule has 0 aliphatic carbocycles. The van der Waals surface area contributed by atoms with Crippen LogP contribution in [0.4, 0.5) is 0 Å². The quantitative estimate of drug-likeness (QED) is 0.0573. The van der Waals surface area contributed by atoms with E-state index in [1.807, 2.05) is 49.4 Å². The number of thioether (sulfide) groups is 2. The van der Waals surface area contributed by atoms with Gasteiger partial charge in [-0.1, -0.05) is 67.9 Å². The van der Waals surface area contributed by atoms with Crippen LogP contribution < -0.4 is 28.3 Å². The predicted molar refractivity (Wildman–Crippen MR) is 167 cm³/mol. The van der Waals surface area contributed by atoms with Crippen LogP contribution in [-0.4, -0.2) is 60.6 Å². The number of nitrogens with one attached hydrogen (secondary N) is 2. The Balaban J connectivity index is 0.000000611. The summed E-state index contributed by atoms with van der Waals surface area (Å²) in [5, 5.41) is 11.3. The molecule has 0 radical (unpaired) electrons. The van der Waals surface area contributed by atoms with E-state index in [1.165, 1.54) is 6.21 Å². The van der Waals surface area contributed by atoms with E-state index < -0.39 is 0 Å². The number of halogens is 1. The second-order valence-corrected chi connectivity index (χ2v) is 10.2. The highest BCUT2D eigenvalue weighted by atomic mass is 35.5. The number of rotatable bonds is 13. The zero-order chi connectivity index (χ0) is 29.1. The Morgan fingerprint density at radius 2 is 1.46 bits per heavy atom. The number of hydroxylamine groups is 2. The SMILES string of the molecule is CCSCCONC(N)=N/N=C/c1ccccc1Cl.CCSCCONC(N)=NN.Cc1ccccc1C=O. The molecule has 0 heterocycles. The third kappa shape index (κ3) is 20.6. The maximum Gasteiger partial charge on any atom is 0.237 e. The Bertz CT molecular complexity index is 1010. The molecule has 0 aliphatic rings. The molecular formula is C25H39ClN8O3S2. The number of hydrazone groups is 1. The molecule has 11 nitrogen and oxygen atoms in total. The lowest BCUT2D eigenvalue weighted by atomic mass is 10.1. The van der Waals surface area contributed by atoms with Crippen molar-refractivity contribution in [2.75, 3.05) is 36.2 Å². The Hall–Kier alpha value is -2.97. The maximum atomic E-state index is 10.2. The number of aryl methyl sites for hydroxylation is 1. The number of nitrogens with two attached hydrogens (primary N) is 3. The lowest BCUT2D eigenvalue weighted by molar-refractivity contribution is 0.0980. The standard InChI is InChI=1S/C12H17ClN4OS.C8H8O.C5H14N4OS/c1-2-19-8-7-18-17-12(14)16-15-9-10-5-3-4-6-11(10)13;1-7-4-2-3-5-8(7)6-9;1-2-11-4-3-10-9-5(6)8-7/h3-6,9H,2,7-8H2,1H3,(H3,14,16,17);2-6H,1H3;2-4,7H2,1H3,(H3,6,8,9)/b15-9+;;. The van der Waals surface area contributed by atoms with E-state index in [4.69, 9.17) is 38.6 Å². The highest BCUT2D eigenvalue weighted by Gasteiger charge is 1.95. The molecule has 0 saturated heterocycles. The third-order valence-corrected chi connectivity index (χ3v) is 6.21. The molecule has 0 amide bonds. The van der Waals surface area contributed by atoms with Crippen molar-refractivity contribution in [1.82, 2.24) is 11.0 Å². The average molecular weight is 599 g/mol. The largest absolute Gasteiger partial charge is 0.367 e. The molecular weight excluding hydrogens is 560 g/mol. The predicted octanol–water partition coefficient (Wildman–Crippen LogP) is 3.52. The van der Waals surface area contributed by atoms with Crippen molar-refractivity contribution in [3.8, 4) is 0 Å². The van der Waals surface area contributed by atoms with Gasteiger partial charge in [0.05, 0.1) is 19.4 Å². The van der Waals surface area contributed by atoms with Crippen molar-refractivity contribution < 1.29 is 14.5 Å². The zero-order valence-electron chi connectivity index (χ0n) is 22.5. The van der Waals surface area contributed by atoms with Gasteiger partial charge in [0.25, 0.3) is 0 Å². The summed E-state index contributed by atoms with van der Waals surface area (Å²) in [6.07, 6.45) is 2.40. The van der Waals surface area contributed by atoms with Crippen LogP contribution in [0.25, 0.3) is 0 Å². The third-order valence-electron chi connectivity index (χ3n) is 4.14. The molecule has 0 bridgehead atoms. The van der Waals surface area contributed by atoms with E-state index in [9.17, 15) is 4.79 Å². The Labute approximate surface area is 244 Å².